The molecule has 1 N–H and O–H groups in total. The van der Waals surface area contributed by atoms with E-state index in [-0.39, 0.29) is 0 Å². The first-order valence-corrected chi connectivity index (χ1v) is 13.7. The number of hydroxylamine groups is 1. The Morgan fingerprint density at radius 1 is 1.15 bits per heavy atom. The summed E-state index contributed by atoms with van der Waals surface area (Å²) < 4.78 is 25.3. The molecule has 1 heterocycles. The molecule has 0 atom stereocenters. The summed E-state index contributed by atoms with van der Waals surface area (Å²) in [5, 5.41) is 11.6. The van der Waals surface area contributed by atoms with Gasteiger partial charge in [0.05, 0.1) is 18.6 Å². The van der Waals surface area contributed by atoms with Gasteiger partial charge in [-0.25, -0.2) is 13.4 Å². The monoisotopic (exact) mass is 478 g/mol. The number of pyridine rings is 1. The molecule has 1 saturated carbocycles. The molecule has 0 bridgehead atoms. The second-order valence-electron chi connectivity index (χ2n) is 8.66. The van der Waals surface area contributed by atoms with Crippen LogP contribution < -0.4 is 5.32 Å². The number of nitrogens with one attached hydrogen (secondary N) is 1. The number of hydrogen-bond donors (Lipinski definition) is 1. The third kappa shape index (κ3) is 11.0. The minimum Gasteiger partial charge on any atom is -0.345 e. The van der Waals surface area contributed by atoms with Crippen LogP contribution in [0.1, 0.15) is 64.2 Å². The predicted molar refractivity (Wildman–Crippen MR) is 130 cm³/mol. The first-order valence-electron chi connectivity index (χ1n) is 11.9. The molecule has 0 amide bonds. The molecule has 1 aliphatic carbocycles. The molecular weight excluding hydrogens is 440 g/mol. The summed E-state index contributed by atoms with van der Waals surface area (Å²) in [5.41, 5.74) is 0.732. The molecule has 0 aliphatic heterocycles. The van der Waals surface area contributed by atoms with Crippen molar-refractivity contribution < 1.29 is 13.3 Å². The van der Waals surface area contributed by atoms with E-state index in [0.717, 1.165) is 57.2 Å². The standard InChI is InChI=1S/C23H38N6O3S/c1-28(23(26-20-24)27-22-13-15-25-16-14-22)17-9-4-3-5-10-18-29(33(2,30)31)32-19-21-11-7-6-8-12-21/h13-16,21H,3-12,17-19H2,1-2H3,(H,25,26,27). The molecule has 1 aliphatic rings. The van der Waals surface area contributed by atoms with Crippen LogP contribution in [0.2, 0.25) is 0 Å². The highest BCUT2D eigenvalue weighted by Gasteiger charge is 2.20. The Labute approximate surface area is 198 Å². The van der Waals surface area contributed by atoms with Crippen molar-refractivity contribution in [1.29, 1.82) is 5.26 Å². The lowest BCUT2D eigenvalue weighted by atomic mass is 9.90. The number of hydrogen-bond acceptors (Lipinski definition) is 6. The van der Waals surface area contributed by atoms with E-state index in [1.807, 2.05) is 18.1 Å². The van der Waals surface area contributed by atoms with Crippen LogP contribution in [0.15, 0.2) is 29.5 Å². The number of nitriles is 1. The second kappa shape index (κ2) is 14.8. The quantitative estimate of drug-likeness (QED) is 0.115. The highest BCUT2D eigenvalue weighted by Crippen LogP contribution is 2.24. The smallest absolute Gasteiger partial charge is 0.233 e. The minimum absolute atomic E-state index is 0.403. The van der Waals surface area contributed by atoms with Gasteiger partial charge in [-0.15, -0.1) is 0 Å². The number of sulfonamides is 1. The van der Waals surface area contributed by atoms with Crippen LogP contribution in [-0.2, 0) is 14.9 Å². The molecule has 33 heavy (non-hydrogen) atoms. The molecule has 0 saturated heterocycles. The van der Waals surface area contributed by atoms with E-state index < -0.39 is 10.0 Å². The molecule has 184 valence electrons. The number of nitrogens with zero attached hydrogens (tertiary/aromatic N) is 5. The van der Waals surface area contributed by atoms with Gasteiger partial charge in [-0.3, -0.25) is 15.1 Å². The van der Waals surface area contributed by atoms with E-state index in [9.17, 15) is 8.42 Å². The molecule has 0 spiro atoms. The average molecular weight is 479 g/mol. The average Bonchev–Trinajstić information content (AvgIpc) is 2.80. The summed E-state index contributed by atoms with van der Waals surface area (Å²) in [6.45, 7) is 1.67. The van der Waals surface area contributed by atoms with Crippen molar-refractivity contribution in [1.82, 2.24) is 19.7 Å². The second-order valence-corrected chi connectivity index (χ2v) is 10.5. The van der Waals surface area contributed by atoms with E-state index in [0.29, 0.717) is 25.0 Å². The van der Waals surface area contributed by atoms with Gasteiger partial charge in [-0.05, 0) is 43.7 Å². The maximum Gasteiger partial charge on any atom is 0.233 e. The highest BCUT2D eigenvalue weighted by molar-refractivity contribution is 7.88. The predicted octanol–water partition coefficient (Wildman–Crippen LogP) is 3.80. The van der Waals surface area contributed by atoms with Gasteiger partial charge in [0.2, 0.25) is 16.0 Å². The van der Waals surface area contributed by atoms with E-state index in [1.54, 1.807) is 24.5 Å². The van der Waals surface area contributed by atoms with Gasteiger partial charge in [0.25, 0.3) is 0 Å². The van der Waals surface area contributed by atoms with Crippen molar-refractivity contribution >= 4 is 21.7 Å². The summed E-state index contributed by atoms with van der Waals surface area (Å²) in [6.07, 6.45) is 17.1. The summed E-state index contributed by atoms with van der Waals surface area (Å²) in [6, 6.07) is 3.57. The van der Waals surface area contributed by atoms with Gasteiger partial charge >= 0.3 is 0 Å². The number of rotatable bonds is 13. The van der Waals surface area contributed by atoms with Crippen LogP contribution in [0.25, 0.3) is 0 Å². The van der Waals surface area contributed by atoms with Crippen molar-refractivity contribution in [2.75, 3.05) is 33.0 Å². The third-order valence-corrected chi connectivity index (χ3v) is 6.84. The van der Waals surface area contributed by atoms with Crippen LogP contribution in [-0.4, -0.2) is 61.7 Å². The SMILES string of the molecule is CN(CCCCCCCN(OCC1CCCCC1)S(C)(=O)=O)C(=Nc1ccncc1)NC#N. The summed E-state index contributed by atoms with van der Waals surface area (Å²) in [5.74, 6) is 0.977. The Hall–Kier alpha value is -2.22. The van der Waals surface area contributed by atoms with Crippen molar-refractivity contribution in [3.8, 4) is 6.19 Å². The van der Waals surface area contributed by atoms with Crippen LogP contribution >= 0.6 is 0 Å². The normalized spacial score (nSPS) is 15.4. The van der Waals surface area contributed by atoms with Gasteiger partial charge in [0.1, 0.15) is 0 Å². The number of aromatic nitrogens is 1. The fourth-order valence-corrected chi connectivity index (χ4v) is 4.61. The zero-order chi connectivity index (χ0) is 23.9. The molecule has 1 fully saturated rings. The molecule has 1 aromatic rings. The van der Waals surface area contributed by atoms with Crippen LogP contribution in [0.5, 0.6) is 0 Å². The van der Waals surface area contributed by atoms with Gasteiger partial charge in [0, 0.05) is 32.5 Å². The Morgan fingerprint density at radius 3 is 2.42 bits per heavy atom. The van der Waals surface area contributed by atoms with Gasteiger partial charge in [0.15, 0.2) is 6.19 Å². The Morgan fingerprint density at radius 2 is 1.79 bits per heavy atom. The lowest BCUT2D eigenvalue weighted by molar-refractivity contribution is -0.102. The number of guanidine groups is 1. The highest BCUT2D eigenvalue weighted by atomic mass is 32.2. The Kier molecular flexibility index (Phi) is 12.1. The zero-order valence-corrected chi connectivity index (χ0v) is 20.8. The number of aliphatic imine (C=N–C) groups is 1. The zero-order valence-electron chi connectivity index (χ0n) is 19.9. The molecule has 0 aromatic carbocycles. The maximum absolute atomic E-state index is 12.0. The first kappa shape index (κ1) is 27.0. The van der Waals surface area contributed by atoms with Crippen molar-refractivity contribution in [2.24, 2.45) is 10.9 Å². The third-order valence-electron chi connectivity index (χ3n) is 5.81. The molecule has 10 heteroatoms. The van der Waals surface area contributed by atoms with Gasteiger partial charge < -0.3 is 4.90 Å². The Balaban J connectivity index is 1.65. The molecule has 0 unspecified atom stereocenters. The molecule has 2 rings (SSSR count). The fraction of sp³-hybridized carbons (Fsp3) is 0.696. The van der Waals surface area contributed by atoms with Crippen LogP contribution in [0.3, 0.4) is 0 Å². The lowest BCUT2D eigenvalue weighted by Gasteiger charge is -2.25. The number of unbranched alkanes of at least 4 members (excludes halogenated alkanes) is 4. The Bertz CT molecular complexity index is 851. The summed E-state index contributed by atoms with van der Waals surface area (Å²) in [7, 11) is -1.46. The van der Waals surface area contributed by atoms with Crippen molar-refractivity contribution in [2.45, 2.75) is 64.2 Å². The van der Waals surface area contributed by atoms with Crippen molar-refractivity contribution in [3.05, 3.63) is 24.5 Å². The molecule has 9 nitrogen and oxygen atoms in total. The summed E-state index contributed by atoms with van der Waals surface area (Å²) in [4.78, 5) is 16.1. The fourth-order valence-electron chi connectivity index (χ4n) is 3.89. The van der Waals surface area contributed by atoms with Gasteiger partial charge in [-0.2, -0.15) is 5.26 Å². The van der Waals surface area contributed by atoms with Crippen molar-refractivity contribution in [3.63, 3.8) is 0 Å². The maximum atomic E-state index is 12.0. The largest absolute Gasteiger partial charge is 0.345 e. The topological polar surface area (TPSA) is 111 Å². The molecule has 0 radical (unpaired) electrons. The van der Waals surface area contributed by atoms with E-state index >= 15 is 0 Å². The summed E-state index contributed by atoms with van der Waals surface area (Å²) >= 11 is 0. The first-order chi connectivity index (χ1) is 15.9. The van der Waals surface area contributed by atoms with E-state index in [4.69, 9.17) is 10.1 Å². The van der Waals surface area contributed by atoms with E-state index in [2.05, 4.69) is 15.3 Å². The van der Waals surface area contributed by atoms with E-state index in [1.165, 1.54) is 30.0 Å². The lowest BCUT2D eigenvalue weighted by Crippen LogP contribution is -2.36. The van der Waals surface area contributed by atoms with Crippen LogP contribution in [0.4, 0.5) is 5.69 Å². The minimum atomic E-state index is -3.36. The van der Waals surface area contributed by atoms with Gasteiger partial charge in [-0.1, -0.05) is 43.0 Å². The molecule has 1 aromatic heterocycles. The molecular formula is C23H38N6O3S. The van der Waals surface area contributed by atoms with Crippen LogP contribution in [0, 0.1) is 17.4 Å².